The number of pyridine rings is 1. The summed E-state index contributed by atoms with van der Waals surface area (Å²) < 4.78 is 32.2. The van der Waals surface area contributed by atoms with Crippen LogP contribution in [0, 0.1) is 12.8 Å². The Morgan fingerprint density at radius 1 is 1.09 bits per heavy atom. The van der Waals surface area contributed by atoms with E-state index < -0.39 is 9.84 Å². The van der Waals surface area contributed by atoms with Gasteiger partial charge in [-0.15, -0.1) is 0 Å². The lowest BCUT2D eigenvalue weighted by Crippen LogP contribution is -2.32. The van der Waals surface area contributed by atoms with Crippen LogP contribution < -0.4 is 4.74 Å². The maximum absolute atomic E-state index is 12.9. The number of fused-ring (bicyclic) bond motifs is 3. The van der Waals surface area contributed by atoms with Gasteiger partial charge in [-0.3, -0.25) is 0 Å². The first kappa shape index (κ1) is 22.6. The largest absolute Gasteiger partial charge is 0.491 e. The highest BCUT2D eigenvalue weighted by atomic mass is 32.2. The minimum atomic E-state index is -3.27. The summed E-state index contributed by atoms with van der Waals surface area (Å²) in [6, 6.07) is 13.6. The van der Waals surface area contributed by atoms with Crippen LogP contribution in [0.15, 0.2) is 53.6 Å². The van der Waals surface area contributed by atoms with Crippen LogP contribution in [-0.2, 0) is 9.84 Å². The van der Waals surface area contributed by atoms with Crippen LogP contribution >= 0.6 is 0 Å². The van der Waals surface area contributed by atoms with E-state index in [1.54, 1.807) is 6.07 Å². The van der Waals surface area contributed by atoms with E-state index in [1.807, 2.05) is 37.4 Å². The Morgan fingerprint density at radius 3 is 2.66 bits per heavy atom. The number of aromatic nitrogens is 2. The van der Waals surface area contributed by atoms with Crippen LogP contribution in [0.1, 0.15) is 31.2 Å². The molecule has 1 aliphatic heterocycles. The Balaban J connectivity index is 1.44. The number of piperidine rings is 1. The van der Waals surface area contributed by atoms with Crippen molar-refractivity contribution in [2.75, 3.05) is 26.7 Å². The smallest absolute Gasteiger partial charge is 0.181 e. The fourth-order valence-corrected chi connectivity index (χ4v) is 6.87. The zero-order valence-corrected chi connectivity index (χ0v) is 21.1. The zero-order chi connectivity index (χ0) is 24.2. The quantitative estimate of drug-likeness (QED) is 0.395. The first-order chi connectivity index (χ1) is 16.9. The summed E-state index contributed by atoms with van der Waals surface area (Å²) >= 11 is 0. The molecule has 0 radical (unpaired) electrons. The van der Waals surface area contributed by atoms with Crippen molar-refractivity contribution in [1.82, 2.24) is 14.9 Å². The highest BCUT2D eigenvalue weighted by Crippen LogP contribution is 2.41. The number of hydrogen-bond acceptors (Lipinski definition) is 5. The second-order valence-corrected chi connectivity index (χ2v) is 12.5. The third-order valence-electron chi connectivity index (χ3n) is 7.45. The summed E-state index contributed by atoms with van der Waals surface area (Å²) in [6.45, 7) is 4.95. The molecule has 2 aliphatic rings. The number of H-pyrrole nitrogens is 1. The van der Waals surface area contributed by atoms with Gasteiger partial charge in [0.1, 0.15) is 11.4 Å². The summed E-state index contributed by atoms with van der Waals surface area (Å²) in [5.74, 6) is 1.37. The Hall–Kier alpha value is -2.90. The summed E-state index contributed by atoms with van der Waals surface area (Å²) in [5, 5.41) is 1.82. The number of nitrogens with zero attached hydrogens (tertiary/aromatic N) is 2. The Bertz CT molecular complexity index is 1510. The van der Waals surface area contributed by atoms with Gasteiger partial charge in [0.25, 0.3) is 0 Å². The highest BCUT2D eigenvalue weighted by Gasteiger charge is 2.37. The molecule has 2 fully saturated rings. The number of aromatic amines is 1. The average molecular weight is 490 g/mol. The number of ether oxygens (including phenoxy) is 1. The average Bonchev–Trinajstić information content (AvgIpc) is 3.66. The van der Waals surface area contributed by atoms with E-state index in [0.29, 0.717) is 17.4 Å². The van der Waals surface area contributed by atoms with Gasteiger partial charge < -0.3 is 14.6 Å². The van der Waals surface area contributed by atoms with Gasteiger partial charge in [0.2, 0.25) is 0 Å². The van der Waals surface area contributed by atoms with Crippen molar-refractivity contribution in [3.63, 3.8) is 0 Å². The van der Waals surface area contributed by atoms with Gasteiger partial charge in [0, 0.05) is 17.0 Å². The Morgan fingerprint density at radius 2 is 1.89 bits per heavy atom. The monoisotopic (exact) mass is 489 g/mol. The van der Waals surface area contributed by atoms with E-state index in [0.717, 1.165) is 83.1 Å². The SMILES string of the molecule is Cc1cnc2[nH]c3c(OCC4CCN(C)CC4)ccc(-c4cccc(S(=O)(=O)C5CC5)c4)c3c2c1. The first-order valence-electron chi connectivity index (χ1n) is 12.5. The predicted molar refractivity (Wildman–Crippen MR) is 140 cm³/mol. The molecule has 1 saturated carbocycles. The molecule has 1 aliphatic carbocycles. The van der Waals surface area contributed by atoms with Gasteiger partial charge in [0.05, 0.1) is 22.3 Å². The minimum absolute atomic E-state index is 0.229. The maximum Gasteiger partial charge on any atom is 0.181 e. The summed E-state index contributed by atoms with van der Waals surface area (Å²) in [6.07, 6.45) is 5.67. The lowest BCUT2D eigenvalue weighted by atomic mass is 9.98. The van der Waals surface area contributed by atoms with Gasteiger partial charge in [-0.2, -0.15) is 0 Å². The molecule has 0 amide bonds. The van der Waals surface area contributed by atoms with Gasteiger partial charge >= 0.3 is 0 Å². The van der Waals surface area contributed by atoms with E-state index in [2.05, 4.69) is 34.0 Å². The molecule has 6 nitrogen and oxygen atoms in total. The van der Waals surface area contributed by atoms with Crippen molar-refractivity contribution in [3.05, 3.63) is 54.2 Å². The molecule has 182 valence electrons. The van der Waals surface area contributed by atoms with Crippen LogP contribution in [0.3, 0.4) is 0 Å². The molecule has 0 atom stereocenters. The summed E-state index contributed by atoms with van der Waals surface area (Å²) in [5.41, 5.74) is 4.68. The normalized spacial score (nSPS) is 17.9. The van der Waals surface area contributed by atoms with Crippen molar-refractivity contribution in [1.29, 1.82) is 0 Å². The molecule has 7 heteroatoms. The van der Waals surface area contributed by atoms with Crippen molar-refractivity contribution < 1.29 is 13.2 Å². The third kappa shape index (κ3) is 4.21. The molecule has 2 aromatic carbocycles. The molecule has 6 rings (SSSR count). The van der Waals surface area contributed by atoms with Crippen LogP contribution in [0.2, 0.25) is 0 Å². The molecule has 2 aromatic heterocycles. The van der Waals surface area contributed by atoms with E-state index in [4.69, 9.17) is 4.74 Å². The molecular weight excluding hydrogens is 458 g/mol. The number of rotatable bonds is 6. The van der Waals surface area contributed by atoms with Crippen molar-refractivity contribution >= 4 is 31.8 Å². The van der Waals surface area contributed by atoms with E-state index in [-0.39, 0.29) is 5.25 Å². The zero-order valence-electron chi connectivity index (χ0n) is 20.3. The fourth-order valence-electron chi connectivity index (χ4n) is 5.17. The Kier molecular flexibility index (Phi) is 5.57. The van der Waals surface area contributed by atoms with Crippen LogP contribution in [-0.4, -0.2) is 55.3 Å². The molecule has 3 heterocycles. The number of hydrogen-bond donors (Lipinski definition) is 1. The van der Waals surface area contributed by atoms with Gasteiger partial charge in [0.15, 0.2) is 9.84 Å². The fraction of sp³-hybridized carbons (Fsp3) is 0.393. The highest BCUT2D eigenvalue weighted by molar-refractivity contribution is 7.92. The second-order valence-electron chi connectivity index (χ2n) is 10.2. The van der Waals surface area contributed by atoms with Crippen LogP contribution in [0.5, 0.6) is 5.75 Å². The molecule has 4 aromatic rings. The number of benzene rings is 2. The molecular formula is C28H31N3O3S. The molecule has 0 unspecified atom stereocenters. The molecule has 0 spiro atoms. The first-order valence-corrected chi connectivity index (χ1v) is 14.0. The number of sulfone groups is 1. The van der Waals surface area contributed by atoms with Gasteiger partial charge in [-0.05, 0) is 106 Å². The summed E-state index contributed by atoms with van der Waals surface area (Å²) in [7, 11) is -1.10. The second kappa shape index (κ2) is 8.64. The van der Waals surface area contributed by atoms with Crippen molar-refractivity contribution in [3.8, 4) is 16.9 Å². The lowest BCUT2D eigenvalue weighted by molar-refractivity contribution is 0.161. The molecule has 1 saturated heterocycles. The number of aryl methyl sites for hydroxylation is 1. The van der Waals surface area contributed by atoms with Crippen molar-refractivity contribution in [2.45, 2.75) is 42.8 Å². The number of nitrogens with one attached hydrogen (secondary N) is 1. The van der Waals surface area contributed by atoms with Crippen molar-refractivity contribution in [2.24, 2.45) is 5.92 Å². The third-order valence-corrected chi connectivity index (χ3v) is 9.71. The summed E-state index contributed by atoms with van der Waals surface area (Å²) in [4.78, 5) is 10.9. The predicted octanol–water partition coefficient (Wildman–Crippen LogP) is 5.35. The van der Waals surface area contributed by atoms with E-state index in [9.17, 15) is 8.42 Å². The van der Waals surface area contributed by atoms with Crippen LogP contribution in [0.4, 0.5) is 0 Å². The molecule has 1 N–H and O–H groups in total. The maximum atomic E-state index is 12.9. The minimum Gasteiger partial charge on any atom is -0.491 e. The van der Waals surface area contributed by atoms with Gasteiger partial charge in [-0.1, -0.05) is 12.1 Å². The standard InChI is InChI=1S/C28H31N3O3S/c1-18-14-24-26-23(20-4-3-5-22(15-20)35(32,33)21-6-7-21)8-9-25(27(26)30-28(24)29-16-18)34-17-19-10-12-31(2)13-11-19/h3-5,8-9,14-16,19,21H,6-7,10-13,17H2,1-2H3,(H,29,30). The van der Waals surface area contributed by atoms with E-state index in [1.165, 1.54) is 0 Å². The van der Waals surface area contributed by atoms with E-state index >= 15 is 0 Å². The molecule has 35 heavy (non-hydrogen) atoms. The van der Waals surface area contributed by atoms with Crippen LogP contribution in [0.25, 0.3) is 33.1 Å². The lowest BCUT2D eigenvalue weighted by Gasteiger charge is -2.28. The van der Waals surface area contributed by atoms with Gasteiger partial charge in [-0.25, -0.2) is 13.4 Å². The Labute approximate surface area is 206 Å². The number of likely N-dealkylation sites (tertiary alicyclic amines) is 1. The molecule has 0 bridgehead atoms. The topological polar surface area (TPSA) is 75.3 Å².